The van der Waals surface area contributed by atoms with Crippen LogP contribution < -0.4 is 15.8 Å². The van der Waals surface area contributed by atoms with Gasteiger partial charge in [-0.2, -0.15) is 0 Å². The number of halogens is 3. The third-order valence-electron chi connectivity index (χ3n) is 3.00. The Morgan fingerprint density at radius 1 is 1.36 bits per heavy atom. The molecule has 3 N–H and O–H groups in total. The molecule has 1 aromatic carbocycles. The van der Waals surface area contributed by atoms with Crippen LogP contribution >= 0.6 is 36.4 Å². The van der Waals surface area contributed by atoms with E-state index >= 15 is 0 Å². The van der Waals surface area contributed by atoms with E-state index in [0.29, 0.717) is 23.1 Å². The SMILES string of the molecule is COCC(N)C(=O)Nc1ccc(OCc2cccnc2)c(Cl)c1.Cl.Cl. The molecular formula is C16H20Cl3N3O3. The van der Waals surface area contributed by atoms with Crippen molar-refractivity contribution in [2.45, 2.75) is 12.6 Å². The summed E-state index contributed by atoms with van der Waals surface area (Å²) >= 11 is 6.17. The summed E-state index contributed by atoms with van der Waals surface area (Å²) in [5.74, 6) is 0.182. The minimum atomic E-state index is -0.736. The molecular weight excluding hydrogens is 389 g/mol. The highest BCUT2D eigenvalue weighted by atomic mass is 35.5. The van der Waals surface area contributed by atoms with Crippen molar-refractivity contribution in [2.75, 3.05) is 19.0 Å². The second-order valence-electron chi connectivity index (χ2n) is 4.85. The van der Waals surface area contributed by atoms with Crippen molar-refractivity contribution in [2.24, 2.45) is 5.73 Å². The van der Waals surface area contributed by atoms with E-state index in [1.165, 1.54) is 7.11 Å². The molecule has 0 saturated carbocycles. The monoisotopic (exact) mass is 407 g/mol. The van der Waals surface area contributed by atoms with Gasteiger partial charge in [-0.25, -0.2) is 0 Å². The first-order valence-electron chi connectivity index (χ1n) is 6.97. The number of hydrogen-bond acceptors (Lipinski definition) is 5. The number of rotatable bonds is 7. The van der Waals surface area contributed by atoms with Crippen molar-refractivity contribution in [3.63, 3.8) is 0 Å². The molecule has 25 heavy (non-hydrogen) atoms. The minimum Gasteiger partial charge on any atom is -0.487 e. The quantitative estimate of drug-likeness (QED) is 0.735. The lowest BCUT2D eigenvalue weighted by atomic mass is 10.2. The third kappa shape index (κ3) is 7.46. The average Bonchev–Trinajstić information content (AvgIpc) is 2.55. The number of hydrogen-bond donors (Lipinski definition) is 2. The molecule has 0 fully saturated rings. The van der Waals surface area contributed by atoms with Gasteiger partial charge >= 0.3 is 0 Å². The molecule has 0 aliphatic heterocycles. The van der Waals surface area contributed by atoms with Gasteiger partial charge in [0.1, 0.15) is 18.4 Å². The zero-order valence-electron chi connectivity index (χ0n) is 13.5. The number of carbonyl (C=O) groups is 1. The van der Waals surface area contributed by atoms with E-state index in [1.807, 2.05) is 12.1 Å². The van der Waals surface area contributed by atoms with Crippen molar-refractivity contribution in [3.05, 3.63) is 53.3 Å². The van der Waals surface area contributed by atoms with E-state index in [4.69, 9.17) is 26.8 Å². The molecule has 1 heterocycles. The molecule has 0 spiro atoms. The predicted octanol–water partition coefficient (Wildman–Crippen LogP) is 3.07. The summed E-state index contributed by atoms with van der Waals surface area (Å²) < 4.78 is 10.5. The van der Waals surface area contributed by atoms with Crippen molar-refractivity contribution in [1.29, 1.82) is 0 Å². The molecule has 2 aromatic rings. The fourth-order valence-electron chi connectivity index (χ4n) is 1.83. The fraction of sp³-hybridized carbons (Fsp3) is 0.250. The van der Waals surface area contributed by atoms with Gasteiger partial charge in [-0.3, -0.25) is 9.78 Å². The first-order chi connectivity index (χ1) is 11.1. The van der Waals surface area contributed by atoms with Gasteiger partial charge in [0.15, 0.2) is 0 Å². The van der Waals surface area contributed by atoms with Crippen LogP contribution in [0, 0.1) is 0 Å². The number of benzene rings is 1. The molecule has 0 radical (unpaired) electrons. The number of nitrogens with zero attached hydrogens (tertiary/aromatic N) is 1. The Hall–Kier alpha value is -1.57. The van der Waals surface area contributed by atoms with E-state index in [1.54, 1.807) is 30.6 Å². The lowest BCUT2D eigenvalue weighted by Gasteiger charge is -2.13. The van der Waals surface area contributed by atoms with Crippen molar-refractivity contribution in [1.82, 2.24) is 4.98 Å². The van der Waals surface area contributed by atoms with Gasteiger partial charge in [0.25, 0.3) is 0 Å². The number of amides is 1. The first kappa shape index (κ1) is 23.4. The number of nitrogens with one attached hydrogen (secondary N) is 1. The van der Waals surface area contributed by atoms with Crippen LogP contribution in [0.5, 0.6) is 5.75 Å². The lowest BCUT2D eigenvalue weighted by Crippen LogP contribution is -2.39. The molecule has 1 aromatic heterocycles. The van der Waals surface area contributed by atoms with E-state index in [-0.39, 0.29) is 37.3 Å². The van der Waals surface area contributed by atoms with Crippen LogP contribution in [-0.4, -0.2) is 30.6 Å². The number of nitrogens with two attached hydrogens (primary N) is 1. The van der Waals surface area contributed by atoms with Gasteiger partial charge in [0.2, 0.25) is 5.91 Å². The Kier molecular flexibility index (Phi) is 11.1. The Labute approximate surface area is 163 Å². The van der Waals surface area contributed by atoms with Gasteiger partial charge in [0, 0.05) is 30.8 Å². The van der Waals surface area contributed by atoms with Crippen LogP contribution in [0.4, 0.5) is 5.69 Å². The van der Waals surface area contributed by atoms with E-state index < -0.39 is 6.04 Å². The predicted molar refractivity (Wildman–Crippen MR) is 103 cm³/mol. The van der Waals surface area contributed by atoms with Gasteiger partial charge in [-0.15, -0.1) is 24.8 Å². The maximum Gasteiger partial charge on any atom is 0.243 e. The maximum absolute atomic E-state index is 11.8. The van der Waals surface area contributed by atoms with Gasteiger partial charge < -0.3 is 20.5 Å². The summed E-state index contributed by atoms with van der Waals surface area (Å²) in [6.07, 6.45) is 3.42. The van der Waals surface area contributed by atoms with Gasteiger partial charge in [-0.1, -0.05) is 17.7 Å². The second kappa shape index (κ2) is 11.9. The molecule has 1 atom stereocenters. The van der Waals surface area contributed by atoms with Crippen LogP contribution in [0.1, 0.15) is 5.56 Å². The zero-order chi connectivity index (χ0) is 16.7. The Balaban J connectivity index is 0.00000288. The summed E-state index contributed by atoms with van der Waals surface area (Å²) in [6, 6.07) is 8.00. The fourth-order valence-corrected chi connectivity index (χ4v) is 2.07. The molecule has 1 amide bonds. The number of anilines is 1. The average molecular weight is 409 g/mol. The largest absolute Gasteiger partial charge is 0.487 e. The van der Waals surface area contributed by atoms with E-state index in [9.17, 15) is 4.79 Å². The van der Waals surface area contributed by atoms with Crippen molar-refractivity contribution in [3.8, 4) is 5.75 Å². The van der Waals surface area contributed by atoms with E-state index in [2.05, 4.69) is 10.3 Å². The Bertz CT molecular complexity index is 660. The molecule has 9 heteroatoms. The zero-order valence-corrected chi connectivity index (χ0v) is 15.9. The summed E-state index contributed by atoms with van der Waals surface area (Å²) in [5, 5.41) is 3.07. The molecule has 0 aliphatic carbocycles. The normalized spacial score (nSPS) is 10.8. The van der Waals surface area contributed by atoms with Crippen LogP contribution in [-0.2, 0) is 16.1 Å². The van der Waals surface area contributed by atoms with Crippen LogP contribution in [0.3, 0.4) is 0 Å². The number of methoxy groups -OCH3 is 1. The molecule has 138 valence electrons. The first-order valence-corrected chi connectivity index (χ1v) is 7.34. The van der Waals surface area contributed by atoms with Crippen LogP contribution in [0.25, 0.3) is 0 Å². The molecule has 1 unspecified atom stereocenters. The number of carbonyl (C=O) groups excluding carboxylic acids is 1. The topological polar surface area (TPSA) is 86.5 Å². The van der Waals surface area contributed by atoms with Gasteiger partial charge in [-0.05, 0) is 24.3 Å². The molecule has 0 bridgehead atoms. The summed E-state index contributed by atoms with van der Waals surface area (Å²) in [4.78, 5) is 15.8. The molecule has 0 saturated heterocycles. The number of ether oxygens (including phenoxy) is 2. The summed E-state index contributed by atoms with van der Waals surface area (Å²) in [5.41, 5.74) is 7.13. The van der Waals surface area contributed by atoms with Gasteiger partial charge in [0.05, 0.1) is 11.6 Å². The highest BCUT2D eigenvalue weighted by Crippen LogP contribution is 2.28. The van der Waals surface area contributed by atoms with Crippen molar-refractivity contribution < 1.29 is 14.3 Å². The summed E-state index contributed by atoms with van der Waals surface area (Å²) in [6.45, 7) is 0.504. The molecule has 0 aliphatic rings. The molecule has 6 nitrogen and oxygen atoms in total. The lowest BCUT2D eigenvalue weighted by molar-refractivity contribution is -0.118. The highest BCUT2D eigenvalue weighted by Gasteiger charge is 2.14. The summed E-state index contributed by atoms with van der Waals surface area (Å²) in [7, 11) is 1.48. The number of aromatic nitrogens is 1. The minimum absolute atomic E-state index is 0. The van der Waals surface area contributed by atoms with E-state index in [0.717, 1.165) is 5.56 Å². The third-order valence-corrected chi connectivity index (χ3v) is 3.29. The Morgan fingerprint density at radius 2 is 2.12 bits per heavy atom. The van der Waals surface area contributed by atoms with Crippen molar-refractivity contribution >= 4 is 48.0 Å². The standard InChI is InChI=1S/C16H18ClN3O3.2ClH/c1-22-10-14(18)16(21)20-12-4-5-15(13(17)7-12)23-9-11-3-2-6-19-8-11;;/h2-8,14H,9-10,18H2,1H3,(H,20,21);2*1H. The second-order valence-corrected chi connectivity index (χ2v) is 5.25. The maximum atomic E-state index is 11.8. The Morgan fingerprint density at radius 3 is 2.72 bits per heavy atom. The highest BCUT2D eigenvalue weighted by molar-refractivity contribution is 6.32. The number of pyridine rings is 1. The smallest absolute Gasteiger partial charge is 0.243 e. The molecule has 2 rings (SSSR count). The van der Waals surface area contributed by atoms with Crippen LogP contribution in [0.15, 0.2) is 42.7 Å². The van der Waals surface area contributed by atoms with Crippen LogP contribution in [0.2, 0.25) is 5.02 Å².